The Labute approximate surface area is 210 Å². The quantitative estimate of drug-likeness (QED) is 0.459. The molecule has 0 heterocycles. The molecule has 2 aromatic carbocycles. The zero-order valence-corrected chi connectivity index (χ0v) is 22.5. The number of nitrogens with one attached hydrogen (secondary N) is 1. The van der Waals surface area contributed by atoms with Crippen LogP contribution in [-0.2, 0) is 26.2 Å². The van der Waals surface area contributed by atoms with Crippen molar-refractivity contribution in [2.24, 2.45) is 0 Å². The molecule has 0 aliphatic heterocycles. The van der Waals surface area contributed by atoms with Crippen molar-refractivity contribution in [3.8, 4) is 5.75 Å². The van der Waals surface area contributed by atoms with Crippen LogP contribution in [0.2, 0.25) is 0 Å². The first-order valence-corrected chi connectivity index (χ1v) is 13.6. The van der Waals surface area contributed by atoms with Gasteiger partial charge in [-0.05, 0) is 66.0 Å². The summed E-state index contributed by atoms with van der Waals surface area (Å²) in [6, 6.07) is 13.1. The van der Waals surface area contributed by atoms with Gasteiger partial charge in [-0.2, -0.15) is 0 Å². The van der Waals surface area contributed by atoms with E-state index in [2.05, 4.69) is 21.2 Å². The third-order valence-corrected chi connectivity index (χ3v) is 6.90. The third-order valence-electron chi connectivity index (χ3n) is 5.10. The predicted octanol–water partition coefficient (Wildman–Crippen LogP) is 3.56. The van der Waals surface area contributed by atoms with Crippen LogP contribution in [0.15, 0.2) is 53.0 Å². The lowest BCUT2D eigenvalue weighted by atomic mass is 10.1. The van der Waals surface area contributed by atoms with E-state index in [1.54, 1.807) is 49.6 Å². The molecule has 2 rings (SSSR count). The van der Waals surface area contributed by atoms with Crippen LogP contribution in [0.25, 0.3) is 0 Å². The molecule has 0 aliphatic rings. The summed E-state index contributed by atoms with van der Waals surface area (Å²) < 4.78 is 32.2. The summed E-state index contributed by atoms with van der Waals surface area (Å²) in [6.07, 6.45) is 1.41. The zero-order valence-electron chi connectivity index (χ0n) is 20.1. The molecule has 1 N–H and O–H groups in total. The average Bonchev–Trinajstić information content (AvgIpc) is 2.76. The fraction of sp³-hybridized carbons (Fsp3) is 0.417. The Morgan fingerprint density at radius 2 is 1.79 bits per heavy atom. The molecule has 0 spiro atoms. The van der Waals surface area contributed by atoms with Crippen molar-refractivity contribution in [3.63, 3.8) is 0 Å². The molecule has 0 aromatic heterocycles. The summed E-state index contributed by atoms with van der Waals surface area (Å²) in [6.45, 7) is 5.18. The normalized spacial score (nSPS) is 12.2. The fourth-order valence-electron chi connectivity index (χ4n) is 3.52. The standard InChI is InChI=1S/C24H32BrN3O5S/c1-6-21(24(30)26-17(2)3)27(15-18-10-9-11-19(14-18)33-4)23(29)16-28(34(5,31)32)22-13-8-7-12-20(22)25/h7-14,17,21H,6,15-16H2,1-5H3,(H,26,30). The maximum absolute atomic E-state index is 13.6. The molecule has 2 aromatic rings. The van der Waals surface area contributed by atoms with Crippen molar-refractivity contribution in [2.45, 2.75) is 45.8 Å². The van der Waals surface area contributed by atoms with E-state index < -0.39 is 28.5 Å². The predicted molar refractivity (Wildman–Crippen MR) is 137 cm³/mol. The maximum Gasteiger partial charge on any atom is 0.244 e. The number of anilines is 1. The second kappa shape index (κ2) is 12.2. The lowest BCUT2D eigenvalue weighted by Gasteiger charge is -2.33. The van der Waals surface area contributed by atoms with Gasteiger partial charge >= 0.3 is 0 Å². The van der Waals surface area contributed by atoms with Crippen molar-refractivity contribution >= 4 is 43.5 Å². The number of carbonyl (C=O) groups excluding carboxylic acids is 2. The first kappa shape index (κ1) is 27.7. The number of methoxy groups -OCH3 is 1. The monoisotopic (exact) mass is 553 g/mol. The van der Waals surface area contributed by atoms with Gasteiger partial charge in [0.05, 0.1) is 19.1 Å². The Bertz CT molecular complexity index is 1110. The van der Waals surface area contributed by atoms with E-state index >= 15 is 0 Å². The van der Waals surface area contributed by atoms with Gasteiger partial charge in [0.1, 0.15) is 18.3 Å². The van der Waals surface area contributed by atoms with Gasteiger partial charge in [0.25, 0.3) is 0 Å². The maximum atomic E-state index is 13.6. The molecule has 1 unspecified atom stereocenters. The number of sulfonamides is 1. The van der Waals surface area contributed by atoms with E-state index in [9.17, 15) is 18.0 Å². The van der Waals surface area contributed by atoms with E-state index in [1.807, 2.05) is 26.8 Å². The summed E-state index contributed by atoms with van der Waals surface area (Å²) in [5.41, 5.74) is 1.11. The molecule has 0 saturated carbocycles. The van der Waals surface area contributed by atoms with Crippen LogP contribution in [0.4, 0.5) is 5.69 Å². The van der Waals surface area contributed by atoms with Crippen LogP contribution < -0.4 is 14.4 Å². The number of benzene rings is 2. The molecule has 8 nitrogen and oxygen atoms in total. The first-order chi connectivity index (χ1) is 16.0. The second-order valence-electron chi connectivity index (χ2n) is 8.18. The fourth-order valence-corrected chi connectivity index (χ4v) is 4.99. The van der Waals surface area contributed by atoms with Crippen molar-refractivity contribution in [1.82, 2.24) is 10.2 Å². The summed E-state index contributed by atoms with van der Waals surface area (Å²) in [5.74, 6) is -0.161. The summed E-state index contributed by atoms with van der Waals surface area (Å²) in [4.78, 5) is 28.0. The molecule has 34 heavy (non-hydrogen) atoms. The van der Waals surface area contributed by atoms with Gasteiger partial charge in [-0.15, -0.1) is 0 Å². The van der Waals surface area contributed by atoms with Crippen molar-refractivity contribution in [1.29, 1.82) is 0 Å². The molecular weight excluding hydrogens is 522 g/mol. The zero-order chi connectivity index (χ0) is 25.5. The van der Waals surface area contributed by atoms with E-state index in [4.69, 9.17) is 4.74 Å². The minimum atomic E-state index is -3.79. The molecule has 0 aliphatic carbocycles. The van der Waals surface area contributed by atoms with Gasteiger partial charge in [-0.1, -0.05) is 31.2 Å². The SMILES string of the molecule is CCC(C(=O)NC(C)C)N(Cc1cccc(OC)c1)C(=O)CN(c1ccccc1Br)S(C)(=O)=O. The van der Waals surface area contributed by atoms with Crippen LogP contribution in [0.3, 0.4) is 0 Å². The Morgan fingerprint density at radius 1 is 1.12 bits per heavy atom. The molecule has 0 saturated heterocycles. The minimum Gasteiger partial charge on any atom is -0.497 e. The average molecular weight is 555 g/mol. The van der Waals surface area contributed by atoms with Crippen LogP contribution in [0.1, 0.15) is 32.8 Å². The first-order valence-electron chi connectivity index (χ1n) is 10.9. The van der Waals surface area contributed by atoms with Crippen LogP contribution in [-0.4, -0.2) is 57.1 Å². The number of hydrogen-bond donors (Lipinski definition) is 1. The molecule has 10 heteroatoms. The van der Waals surface area contributed by atoms with Crippen LogP contribution in [0, 0.1) is 0 Å². The topological polar surface area (TPSA) is 96.0 Å². The highest BCUT2D eigenvalue weighted by Crippen LogP contribution is 2.28. The third kappa shape index (κ3) is 7.46. The number of carbonyl (C=O) groups is 2. The van der Waals surface area contributed by atoms with E-state index in [0.717, 1.165) is 16.1 Å². The highest BCUT2D eigenvalue weighted by atomic mass is 79.9. The molecule has 0 bridgehead atoms. The Morgan fingerprint density at radius 3 is 2.35 bits per heavy atom. The van der Waals surface area contributed by atoms with Crippen LogP contribution >= 0.6 is 15.9 Å². The molecule has 0 radical (unpaired) electrons. The number of hydrogen-bond acceptors (Lipinski definition) is 5. The lowest BCUT2D eigenvalue weighted by Crippen LogP contribution is -2.53. The van der Waals surface area contributed by atoms with Crippen LogP contribution in [0.5, 0.6) is 5.75 Å². The molecule has 0 fully saturated rings. The van der Waals surface area contributed by atoms with Gasteiger partial charge in [0, 0.05) is 17.1 Å². The molecular formula is C24H32BrN3O5S. The largest absolute Gasteiger partial charge is 0.497 e. The highest BCUT2D eigenvalue weighted by molar-refractivity contribution is 9.10. The Balaban J connectivity index is 2.47. The van der Waals surface area contributed by atoms with Crippen molar-refractivity contribution < 1.29 is 22.7 Å². The summed E-state index contributed by atoms with van der Waals surface area (Å²) in [5, 5.41) is 2.86. The highest BCUT2D eigenvalue weighted by Gasteiger charge is 2.32. The van der Waals surface area contributed by atoms with Gasteiger partial charge < -0.3 is 15.0 Å². The Hall–Kier alpha value is -2.59. The van der Waals surface area contributed by atoms with Gasteiger partial charge in [-0.3, -0.25) is 13.9 Å². The lowest BCUT2D eigenvalue weighted by molar-refractivity contribution is -0.140. The number of halogens is 1. The van der Waals surface area contributed by atoms with E-state index in [-0.39, 0.29) is 18.5 Å². The van der Waals surface area contributed by atoms with E-state index in [1.165, 1.54) is 4.90 Å². The van der Waals surface area contributed by atoms with Gasteiger partial charge in [-0.25, -0.2) is 8.42 Å². The second-order valence-corrected chi connectivity index (χ2v) is 10.9. The number of rotatable bonds is 11. The number of amides is 2. The van der Waals surface area contributed by atoms with E-state index in [0.29, 0.717) is 22.3 Å². The molecule has 186 valence electrons. The van der Waals surface area contributed by atoms with Crippen molar-refractivity contribution in [3.05, 3.63) is 58.6 Å². The summed E-state index contributed by atoms with van der Waals surface area (Å²) in [7, 11) is -2.24. The molecule has 2 amide bonds. The minimum absolute atomic E-state index is 0.108. The van der Waals surface area contributed by atoms with Gasteiger partial charge in [0.2, 0.25) is 21.8 Å². The smallest absolute Gasteiger partial charge is 0.244 e. The summed E-state index contributed by atoms with van der Waals surface area (Å²) >= 11 is 3.37. The number of ether oxygens (including phenoxy) is 1. The number of nitrogens with zero attached hydrogens (tertiary/aromatic N) is 2. The number of para-hydroxylation sites is 1. The van der Waals surface area contributed by atoms with Gasteiger partial charge in [0.15, 0.2) is 0 Å². The molecule has 1 atom stereocenters. The van der Waals surface area contributed by atoms with Crippen molar-refractivity contribution in [2.75, 3.05) is 24.2 Å². The Kier molecular flexibility index (Phi) is 9.93.